The van der Waals surface area contributed by atoms with Crippen LogP contribution in [0.3, 0.4) is 0 Å². The van der Waals surface area contributed by atoms with Gasteiger partial charge in [-0.15, -0.1) is 0 Å². The molecule has 1 N–H and O–H groups in total. The van der Waals surface area contributed by atoms with Crippen LogP contribution in [0.5, 0.6) is 0 Å². The second-order valence-corrected chi connectivity index (χ2v) is 4.57. The molecule has 7 heteroatoms. The Morgan fingerprint density at radius 1 is 1.55 bits per heavy atom. The van der Waals surface area contributed by atoms with E-state index in [0.717, 1.165) is 12.8 Å². The summed E-state index contributed by atoms with van der Waals surface area (Å²) < 4.78 is 0. The van der Waals surface area contributed by atoms with E-state index in [2.05, 4.69) is 5.32 Å². The fourth-order valence-corrected chi connectivity index (χ4v) is 1.90. The Kier molecular flexibility index (Phi) is 4.15. The molecule has 20 heavy (non-hydrogen) atoms. The van der Waals surface area contributed by atoms with E-state index >= 15 is 0 Å². The molecule has 1 fully saturated rings. The van der Waals surface area contributed by atoms with Crippen LogP contribution in [0.4, 0.5) is 16.2 Å². The Morgan fingerprint density at radius 3 is 2.90 bits per heavy atom. The lowest BCUT2D eigenvalue weighted by Gasteiger charge is -2.21. The summed E-state index contributed by atoms with van der Waals surface area (Å²) in [7, 11) is 0. The standard InChI is InChI=1S/C13H14N4O3/c14-7-2-8-16(11-5-6-11)13(18)15-10-3-1-4-12(9-10)17(19)20/h1,3-4,9,11H,2,5-6,8H2,(H,15,18). The van der Waals surface area contributed by atoms with Gasteiger partial charge in [0.1, 0.15) is 0 Å². The molecule has 0 saturated heterocycles. The summed E-state index contributed by atoms with van der Waals surface area (Å²) in [5, 5.41) is 21.9. The lowest BCUT2D eigenvalue weighted by Crippen LogP contribution is -2.37. The monoisotopic (exact) mass is 274 g/mol. The quantitative estimate of drug-likeness (QED) is 0.658. The summed E-state index contributed by atoms with van der Waals surface area (Å²) in [5.41, 5.74) is 0.310. The summed E-state index contributed by atoms with van der Waals surface area (Å²) >= 11 is 0. The summed E-state index contributed by atoms with van der Waals surface area (Å²) in [6.07, 6.45) is 2.15. The SMILES string of the molecule is N#CCCN(C(=O)Nc1cccc([N+](=O)[O-])c1)C1CC1. The Hall–Kier alpha value is -2.62. The molecule has 1 aromatic rings. The molecular formula is C13H14N4O3. The van der Waals surface area contributed by atoms with Crippen molar-refractivity contribution in [3.8, 4) is 6.07 Å². The number of rotatable bonds is 5. The molecule has 1 saturated carbocycles. The van der Waals surface area contributed by atoms with Crippen LogP contribution in [0.1, 0.15) is 19.3 Å². The molecule has 2 rings (SSSR count). The van der Waals surface area contributed by atoms with Gasteiger partial charge in [-0.25, -0.2) is 4.79 Å². The third-order valence-electron chi connectivity index (χ3n) is 3.02. The van der Waals surface area contributed by atoms with Crippen molar-refractivity contribution in [1.82, 2.24) is 4.90 Å². The van der Waals surface area contributed by atoms with Gasteiger partial charge in [-0.05, 0) is 18.9 Å². The van der Waals surface area contributed by atoms with Crippen molar-refractivity contribution in [2.45, 2.75) is 25.3 Å². The van der Waals surface area contributed by atoms with Crippen molar-refractivity contribution in [2.75, 3.05) is 11.9 Å². The fourth-order valence-electron chi connectivity index (χ4n) is 1.90. The molecule has 0 aliphatic heterocycles. The number of nitro groups is 1. The molecule has 2 amide bonds. The van der Waals surface area contributed by atoms with Crippen molar-refractivity contribution >= 4 is 17.4 Å². The Morgan fingerprint density at radius 2 is 2.30 bits per heavy atom. The Balaban J connectivity index is 2.04. The summed E-state index contributed by atoms with van der Waals surface area (Å²) in [6.45, 7) is 0.377. The molecule has 0 atom stereocenters. The fraction of sp³-hybridized carbons (Fsp3) is 0.385. The minimum atomic E-state index is -0.510. The number of urea groups is 1. The van der Waals surface area contributed by atoms with Crippen LogP contribution in [0.15, 0.2) is 24.3 Å². The van der Waals surface area contributed by atoms with Crippen LogP contribution >= 0.6 is 0 Å². The number of non-ortho nitro benzene ring substituents is 1. The van der Waals surface area contributed by atoms with Crippen molar-refractivity contribution in [2.24, 2.45) is 0 Å². The number of nitrogens with zero attached hydrogens (tertiary/aromatic N) is 3. The van der Waals surface area contributed by atoms with Crippen LogP contribution in [0, 0.1) is 21.4 Å². The average molecular weight is 274 g/mol. The van der Waals surface area contributed by atoms with Gasteiger partial charge < -0.3 is 10.2 Å². The van der Waals surface area contributed by atoms with Crippen LogP contribution in [0.2, 0.25) is 0 Å². The second-order valence-electron chi connectivity index (χ2n) is 4.57. The summed E-state index contributed by atoms with van der Waals surface area (Å²) in [4.78, 5) is 23.9. The molecule has 0 bridgehead atoms. The molecule has 0 unspecified atom stereocenters. The maximum atomic E-state index is 12.1. The van der Waals surface area contributed by atoms with Crippen LogP contribution in [0.25, 0.3) is 0 Å². The highest BCUT2D eigenvalue weighted by molar-refractivity contribution is 5.90. The minimum Gasteiger partial charge on any atom is -0.321 e. The number of hydrogen-bond donors (Lipinski definition) is 1. The van der Waals surface area contributed by atoms with Gasteiger partial charge >= 0.3 is 6.03 Å². The van der Waals surface area contributed by atoms with Gasteiger partial charge in [-0.2, -0.15) is 5.26 Å². The second kappa shape index (κ2) is 6.02. The summed E-state index contributed by atoms with van der Waals surface area (Å²) in [5.74, 6) is 0. The number of carbonyl (C=O) groups excluding carboxylic acids is 1. The van der Waals surface area contributed by atoms with E-state index in [4.69, 9.17) is 5.26 Å². The van der Waals surface area contributed by atoms with Crippen LogP contribution in [-0.2, 0) is 0 Å². The highest BCUT2D eigenvalue weighted by Crippen LogP contribution is 2.28. The Bertz CT molecular complexity index is 563. The zero-order chi connectivity index (χ0) is 14.5. The molecular weight excluding hydrogens is 260 g/mol. The normalized spacial score (nSPS) is 13.3. The van der Waals surface area contributed by atoms with Crippen molar-refractivity contribution in [3.05, 3.63) is 34.4 Å². The van der Waals surface area contributed by atoms with Gasteiger partial charge in [0.05, 0.1) is 17.4 Å². The van der Waals surface area contributed by atoms with Crippen molar-refractivity contribution in [1.29, 1.82) is 5.26 Å². The number of nitrogens with one attached hydrogen (secondary N) is 1. The molecule has 1 aromatic carbocycles. The van der Waals surface area contributed by atoms with E-state index in [1.165, 1.54) is 18.2 Å². The van der Waals surface area contributed by atoms with Gasteiger partial charge in [-0.1, -0.05) is 6.07 Å². The molecule has 1 aliphatic carbocycles. The zero-order valence-corrected chi connectivity index (χ0v) is 10.8. The molecule has 0 aromatic heterocycles. The smallest absolute Gasteiger partial charge is 0.321 e. The first-order valence-electron chi connectivity index (χ1n) is 6.31. The number of amides is 2. The van der Waals surface area contributed by atoms with Crippen molar-refractivity contribution in [3.63, 3.8) is 0 Å². The van der Waals surface area contributed by atoms with E-state index in [9.17, 15) is 14.9 Å². The molecule has 104 valence electrons. The summed E-state index contributed by atoms with van der Waals surface area (Å²) in [6, 6.07) is 7.67. The topological polar surface area (TPSA) is 99.3 Å². The zero-order valence-electron chi connectivity index (χ0n) is 10.8. The molecule has 0 spiro atoms. The maximum Gasteiger partial charge on any atom is 0.322 e. The largest absolute Gasteiger partial charge is 0.322 e. The van der Waals surface area contributed by atoms with Gasteiger partial charge in [0, 0.05) is 30.4 Å². The Labute approximate surface area is 115 Å². The number of nitro benzene ring substituents is 1. The molecule has 0 radical (unpaired) electrons. The number of benzene rings is 1. The minimum absolute atomic E-state index is 0.0715. The number of nitriles is 1. The molecule has 0 heterocycles. The number of carbonyl (C=O) groups is 1. The van der Waals surface area contributed by atoms with Crippen LogP contribution < -0.4 is 5.32 Å². The predicted octanol–water partition coefficient (Wildman–Crippen LogP) is 2.50. The first-order valence-corrected chi connectivity index (χ1v) is 6.31. The van der Waals surface area contributed by atoms with Gasteiger partial charge in [-0.3, -0.25) is 10.1 Å². The van der Waals surface area contributed by atoms with Gasteiger partial charge in [0.25, 0.3) is 5.69 Å². The lowest BCUT2D eigenvalue weighted by molar-refractivity contribution is -0.384. The van der Waals surface area contributed by atoms with Crippen LogP contribution in [-0.4, -0.2) is 28.4 Å². The van der Waals surface area contributed by atoms with E-state index in [1.54, 1.807) is 11.0 Å². The molecule has 7 nitrogen and oxygen atoms in total. The first-order chi connectivity index (χ1) is 9.61. The average Bonchev–Trinajstić information content (AvgIpc) is 3.24. The third kappa shape index (κ3) is 3.45. The van der Waals surface area contributed by atoms with E-state index in [-0.39, 0.29) is 24.2 Å². The van der Waals surface area contributed by atoms with Gasteiger partial charge in [0.2, 0.25) is 0 Å². The highest BCUT2D eigenvalue weighted by atomic mass is 16.6. The van der Waals surface area contributed by atoms with Gasteiger partial charge in [0.15, 0.2) is 0 Å². The van der Waals surface area contributed by atoms with E-state index < -0.39 is 4.92 Å². The predicted molar refractivity (Wildman–Crippen MR) is 72.1 cm³/mol. The van der Waals surface area contributed by atoms with E-state index in [0.29, 0.717) is 12.2 Å². The third-order valence-corrected chi connectivity index (χ3v) is 3.02. The van der Waals surface area contributed by atoms with Crippen molar-refractivity contribution < 1.29 is 9.72 Å². The highest BCUT2D eigenvalue weighted by Gasteiger charge is 2.32. The number of hydrogen-bond acceptors (Lipinski definition) is 4. The number of anilines is 1. The van der Waals surface area contributed by atoms with E-state index in [1.807, 2.05) is 6.07 Å². The lowest BCUT2D eigenvalue weighted by atomic mass is 10.3. The molecule has 1 aliphatic rings. The maximum absolute atomic E-state index is 12.1. The first kappa shape index (κ1) is 13.8.